The van der Waals surface area contributed by atoms with E-state index in [1.807, 2.05) is 32.9 Å². The molecule has 1 aromatic carbocycles. The van der Waals surface area contributed by atoms with Crippen LogP contribution in [0.3, 0.4) is 0 Å². The number of hydrogen-bond donors (Lipinski definition) is 2. The molecule has 0 radical (unpaired) electrons. The second kappa shape index (κ2) is 6.72. The lowest BCUT2D eigenvalue weighted by Gasteiger charge is -2.20. The summed E-state index contributed by atoms with van der Waals surface area (Å²) < 4.78 is 4.48. The van der Waals surface area contributed by atoms with Gasteiger partial charge in [-0.2, -0.15) is 0 Å². The Morgan fingerprint density at radius 3 is 2.24 bits per heavy atom. The lowest BCUT2D eigenvalue weighted by atomic mass is 9.97. The van der Waals surface area contributed by atoms with Crippen molar-refractivity contribution in [2.24, 2.45) is 0 Å². The molecule has 1 aromatic rings. The number of amides is 1. The monoisotopic (exact) mass is 293 g/mol. The normalized spacial score (nSPS) is 13.4. The molecule has 116 valence electrons. The van der Waals surface area contributed by atoms with Crippen LogP contribution >= 0.6 is 0 Å². The second-order valence-corrected chi connectivity index (χ2v) is 5.60. The molecule has 0 aromatic heterocycles. The maximum atomic E-state index is 12.0. The van der Waals surface area contributed by atoms with Crippen molar-refractivity contribution in [3.63, 3.8) is 0 Å². The summed E-state index contributed by atoms with van der Waals surface area (Å²) in [6.45, 7) is 7.07. The molecule has 21 heavy (non-hydrogen) atoms. The Labute approximate surface area is 125 Å². The second-order valence-electron chi connectivity index (χ2n) is 5.60. The highest BCUT2D eigenvalue weighted by molar-refractivity contribution is 5.82. The van der Waals surface area contributed by atoms with E-state index in [0.717, 1.165) is 22.3 Å². The van der Waals surface area contributed by atoms with Crippen molar-refractivity contribution < 1.29 is 19.4 Å². The topological polar surface area (TPSA) is 75.6 Å². The van der Waals surface area contributed by atoms with E-state index in [0.29, 0.717) is 0 Å². The van der Waals surface area contributed by atoms with Crippen LogP contribution in [0.1, 0.15) is 29.2 Å². The summed E-state index contributed by atoms with van der Waals surface area (Å²) in [5.41, 5.74) is 2.52. The first-order valence-corrected chi connectivity index (χ1v) is 6.81. The number of ether oxygens (including phenoxy) is 1. The maximum absolute atomic E-state index is 12.0. The number of methoxy groups -OCH3 is 1. The van der Waals surface area contributed by atoms with Crippen LogP contribution in [0.2, 0.25) is 0 Å². The number of benzene rings is 1. The molecule has 0 bridgehead atoms. The van der Waals surface area contributed by atoms with Gasteiger partial charge < -0.3 is 15.2 Å². The Balaban J connectivity index is 2.69. The Kier molecular flexibility index (Phi) is 5.49. The maximum Gasteiger partial charge on any atom is 0.339 e. The van der Waals surface area contributed by atoms with Crippen molar-refractivity contribution >= 4 is 11.9 Å². The molecule has 0 heterocycles. The molecular formula is C16H23NO4. The van der Waals surface area contributed by atoms with E-state index in [1.54, 1.807) is 0 Å². The molecule has 5 heteroatoms. The average Bonchev–Trinajstić information content (AvgIpc) is 2.39. The van der Waals surface area contributed by atoms with Crippen LogP contribution in [-0.4, -0.2) is 36.2 Å². The molecular weight excluding hydrogens is 270 g/mol. The van der Waals surface area contributed by atoms with Crippen molar-refractivity contribution in [1.82, 2.24) is 5.32 Å². The Morgan fingerprint density at radius 2 is 1.76 bits per heavy atom. The summed E-state index contributed by atoms with van der Waals surface area (Å²) in [4.78, 5) is 23.3. The largest absolute Gasteiger partial charge is 0.467 e. The lowest BCUT2D eigenvalue weighted by molar-refractivity contribution is -0.160. The van der Waals surface area contributed by atoms with Crippen LogP contribution < -0.4 is 5.32 Å². The summed E-state index contributed by atoms with van der Waals surface area (Å²) in [6.07, 6.45) is 0.217. The minimum Gasteiger partial charge on any atom is -0.467 e. The van der Waals surface area contributed by atoms with Gasteiger partial charge in [-0.05, 0) is 44.4 Å². The molecule has 1 amide bonds. The van der Waals surface area contributed by atoms with Crippen molar-refractivity contribution in [3.8, 4) is 0 Å². The van der Waals surface area contributed by atoms with Gasteiger partial charge in [-0.1, -0.05) is 17.7 Å². The van der Waals surface area contributed by atoms with Crippen LogP contribution in [0.15, 0.2) is 12.1 Å². The molecule has 5 nitrogen and oxygen atoms in total. The standard InChI is InChI=1S/C16H23NO4/c1-10-6-11(2)13(12(3)7-10)8-14(18)17-9-16(4,20)15(19)21-5/h6-7,20H,8-9H2,1-5H3,(H,17,18)/t16-/m1/s1. The van der Waals surface area contributed by atoms with Crippen molar-refractivity contribution in [2.45, 2.75) is 39.7 Å². The van der Waals surface area contributed by atoms with E-state index in [-0.39, 0.29) is 18.9 Å². The highest BCUT2D eigenvalue weighted by Crippen LogP contribution is 2.17. The number of carbonyl (C=O) groups is 2. The minimum absolute atomic E-state index is 0.178. The van der Waals surface area contributed by atoms with Crippen molar-refractivity contribution in [1.29, 1.82) is 0 Å². The molecule has 0 aliphatic heterocycles. The number of aliphatic hydroxyl groups is 1. The Morgan fingerprint density at radius 1 is 1.24 bits per heavy atom. The molecule has 1 rings (SSSR count). The number of aryl methyl sites for hydroxylation is 3. The van der Waals surface area contributed by atoms with E-state index in [9.17, 15) is 14.7 Å². The fourth-order valence-electron chi connectivity index (χ4n) is 2.27. The smallest absolute Gasteiger partial charge is 0.339 e. The molecule has 2 N–H and O–H groups in total. The van der Waals surface area contributed by atoms with Gasteiger partial charge in [0.2, 0.25) is 5.91 Å². The van der Waals surface area contributed by atoms with Crippen LogP contribution in [0.25, 0.3) is 0 Å². The van der Waals surface area contributed by atoms with E-state index in [2.05, 4.69) is 10.1 Å². The quantitative estimate of drug-likeness (QED) is 0.800. The fraction of sp³-hybridized carbons (Fsp3) is 0.500. The van der Waals surface area contributed by atoms with Crippen LogP contribution in [0.4, 0.5) is 0 Å². The predicted octanol–water partition coefficient (Wildman–Crippen LogP) is 1.19. The van der Waals surface area contributed by atoms with E-state index >= 15 is 0 Å². The summed E-state index contributed by atoms with van der Waals surface area (Å²) in [6, 6.07) is 4.06. The van der Waals surface area contributed by atoms with E-state index in [1.165, 1.54) is 14.0 Å². The summed E-state index contributed by atoms with van der Waals surface area (Å²) in [5.74, 6) is -1.01. The van der Waals surface area contributed by atoms with Gasteiger partial charge in [-0.25, -0.2) is 4.79 Å². The molecule has 0 fully saturated rings. The van der Waals surface area contributed by atoms with Gasteiger partial charge >= 0.3 is 5.97 Å². The first-order chi connectivity index (χ1) is 9.67. The van der Waals surface area contributed by atoms with Gasteiger partial charge in [0.15, 0.2) is 5.60 Å². The van der Waals surface area contributed by atoms with Gasteiger partial charge in [0.25, 0.3) is 0 Å². The zero-order chi connectivity index (χ0) is 16.2. The molecule has 0 aliphatic carbocycles. The number of rotatable bonds is 5. The summed E-state index contributed by atoms with van der Waals surface area (Å²) in [5, 5.41) is 12.4. The average molecular weight is 293 g/mol. The summed E-state index contributed by atoms with van der Waals surface area (Å²) >= 11 is 0. The van der Waals surface area contributed by atoms with E-state index < -0.39 is 11.6 Å². The number of nitrogens with one attached hydrogen (secondary N) is 1. The fourth-order valence-corrected chi connectivity index (χ4v) is 2.27. The molecule has 1 atom stereocenters. The SMILES string of the molecule is COC(=O)[C@](C)(O)CNC(=O)Cc1c(C)cc(C)cc1C. The van der Waals surface area contributed by atoms with Gasteiger partial charge in [-0.3, -0.25) is 4.79 Å². The van der Waals surface area contributed by atoms with Gasteiger partial charge in [0, 0.05) is 0 Å². The van der Waals surface area contributed by atoms with Crippen LogP contribution in [0.5, 0.6) is 0 Å². The molecule has 0 unspecified atom stereocenters. The first kappa shape index (κ1) is 17.2. The van der Waals surface area contributed by atoms with Crippen LogP contribution in [-0.2, 0) is 20.7 Å². The third kappa shape index (κ3) is 4.56. The number of carbonyl (C=O) groups excluding carboxylic acids is 2. The van der Waals surface area contributed by atoms with E-state index in [4.69, 9.17) is 0 Å². The van der Waals surface area contributed by atoms with Gasteiger partial charge in [0.1, 0.15) is 0 Å². The molecule has 0 aliphatic rings. The number of hydrogen-bond acceptors (Lipinski definition) is 4. The third-order valence-electron chi connectivity index (χ3n) is 3.43. The number of esters is 1. The Hall–Kier alpha value is -1.88. The summed E-state index contributed by atoms with van der Waals surface area (Å²) in [7, 11) is 1.19. The predicted molar refractivity (Wildman–Crippen MR) is 80.0 cm³/mol. The van der Waals surface area contributed by atoms with Crippen molar-refractivity contribution in [3.05, 3.63) is 34.4 Å². The van der Waals surface area contributed by atoms with Gasteiger partial charge in [-0.15, -0.1) is 0 Å². The zero-order valence-corrected chi connectivity index (χ0v) is 13.2. The molecule has 0 saturated heterocycles. The third-order valence-corrected chi connectivity index (χ3v) is 3.43. The zero-order valence-electron chi connectivity index (χ0n) is 13.2. The minimum atomic E-state index is -1.72. The molecule has 0 saturated carbocycles. The highest BCUT2D eigenvalue weighted by atomic mass is 16.5. The Bertz CT molecular complexity index is 526. The molecule has 0 spiro atoms. The van der Waals surface area contributed by atoms with Crippen LogP contribution in [0, 0.1) is 20.8 Å². The highest BCUT2D eigenvalue weighted by Gasteiger charge is 2.31. The first-order valence-electron chi connectivity index (χ1n) is 6.81. The lowest BCUT2D eigenvalue weighted by Crippen LogP contribution is -2.47. The van der Waals surface area contributed by atoms with Gasteiger partial charge in [0.05, 0.1) is 20.1 Å². The van der Waals surface area contributed by atoms with Crippen molar-refractivity contribution in [2.75, 3.05) is 13.7 Å².